The molecule has 0 spiro atoms. The van der Waals surface area contributed by atoms with Gasteiger partial charge in [-0.05, 0) is 24.1 Å². The van der Waals surface area contributed by atoms with Gasteiger partial charge < -0.3 is 14.5 Å². The SMILES string of the molecule is CCCc1ccc(-c2csc(NC(=O)CSc3nnc(-c4ccccc4OC)o3)n2)cc1. The van der Waals surface area contributed by atoms with Crippen LogP contribution in [0, 0.1) is 0 Å². The summed E-state index contributed by atoms with van der Waals surface area (Å²) in [7, 11) is 1.58. The van der Waals surface area contributed by atoms with Gasteiger partial charge in [0.05, 0.1) is 24.1 Å². The molecule has 2 heterocycles. The van der Waals surface area contributed by atoms with Gasteiger partial charge in [-0.25, -0.2) is 4.98 Å². The van der Waals surface area contributed by atoms with Crippen molar-refractivity contribution >= 4 is 34.1 Å². The molecule has 0 atom stereocenters. The van der Waals surface area contributed by atoms with E-state index >= 15 is 0 Å². The van der Waals surface area contributed by atoms with Crippen LogP contribution in [0.3, 0.4) is 0 Å². The fourth-order valence-electron chi connectivity index (χ4n) is 3.08. The van der Waals surface area contributed by atoms with Gasteiger partial charge in [0, 0.05) is 10.9 Å². The van der Waals surface area contributed by atoms with E-state index in [0.29, 0.717) is 27.6 Å². The number of amides is 1. The fourth-order valence-corrected chi connectivity index (χ4v) is 4.37. The van der Waals surface area contributed by atoms with Gasteiger partial charge in [-0.3, -0.25) is 4.79 Å². The molecule has 0 aliphatic heterocycles. The maximum atomic E-state index is 12.4. The average Bonchev–Trinajstić information content (AvgIpc) is 3.48. The van der Waals surface area contributed by atoms with E-state index in [9.17, 15) is 4.79 Å². The molecular formula is C23H22N4O3S2. The van der Waals surface area contributed by atoms with Crippen molar-refractivity contribution in [2.75, 3.05) is 18.2 Å². The molecule has 0 saturated heterocycles. The Morgan fingerprint density at radius 3 is 2.75 bits per heavy atom. The normalized spacial score (nSPS) is 10.8. The van der Waals surface area contributed by atoms with E-state index in [2.05, 4.69) is 51.7 Å². The fraction of sp³-hybridized carbons (Fsp3) is 0.217. The summed E-state index contributed by atoms with van der Waals surface area (Å²) in [4.78, 5) is 16.9. The van der Waals surface area contributed by atoms with Crippen LogP contribution in [0.1, 0.15) is 18.9 Å². The summed E-state index contributed by atoms with van der Waals surface area (Å²) < 4.78 is 11.0. The van der Waals surface area contributed by atoms with Gasteiger partial charge in [-0.15, -0.1) is 21.5 Å². The Morgan fingerprint density at radius 1 is 1.16 bits per heavy atom. The van der Waals surface area contributed by atoms with Crippen LogP contribution in [0.4, 0.5) is 5.13 Å². The second-order valence-electron chi connectivity index (χ2n) is 6.90. The molecule has 2 aromatic heterocycles. The molecule has 0 radical (unpaired) electrons. The van der Waals surface area contributed by atoms with Crippen molar-refractivity contribution in [1.29, 1.82) is 0 Å². The number of methoxy groups -OCH3 is 1. The van der Waals surface area contributed by atoms with E-state index in [1.165, 1.54) is 28.7 Å². The second-order valence-corrected chi connectivity index (χ2v) is 8.68. The lowest BCUT2D eigenvalue weighted by atomic mass is 10.1. The van der Waals surface area contributed by atoms with Crippen LogP contribution in [0.25, 0.3) is 22.7 Å². The summed E-state index contributed by atoms with van der Waals surface area (Å²) >= 11 is 2.57. The van der Waals surface area contributed by atoms with Crippen molar-refractivity contribution in [2.45, 2.75) is 25.0 Å². The van der Waals surface area contributed by atoms with E-state index in [1.54, 1.807) is 7.11 Å². The molecule has 0 unspecified atom stereocenters. The zero-order chi connectivity index (χ0) is 22.3. The number of benzene rings is 2. The molecule has 0 bridgehead atoms. The maximum Gasteiger partial charge on any atom is 0.277 e. The minimum Gasteiger partial charge on any atom is -0.496 e. The number of carbonyl (C=O) groups excluding carboxylic acids is 1. The second kappa shape index (κ2) is 10.4. The van der Waals surface area contributed by atoms with Gasteiger partial charge in [-0.2, -0.15) is 0 Å². The van der Waals surface area contributed by atoms with Gasteiger partial charge in [0.25, 0.3) is 11.1 Å². The number of thiazole rings is 1. The molecule has 4 rings (SSSR count). The predicted octanol–water partition coefficient (Wildman–Crippen LogP) is 5.55. The number of carbonyl (C=O) groups is 1. The Bertz CT molecular complexity index is 1190. The van der Waals surface area contributed by atoms with Crippen LogP contribution >= 0.6 is 23.1 Å². The molecular weight excluding hydrogens is 444 g/mol. The van der Waals surface area contributed by atoms with Crippen molar-refractivity contribution < 1.29 is 13.9 Å². The summed E-state index contributed by atoms with van der Waals surface area (Å²) in [5.74, 6) is 0.935. The minimum atomic E-state index is -0.189. The molecule has 0 saturated carbocycles. The first kappa shape index (κ1) is 22.0. The zero-order valence-electron chi connectivity index (χ0n) is 17.7. The molecule has 32 heavy (non-hydrogen) atoms. The number of hydrogen-bond donors (Lipinski definition) is 1. The van der Waals surface area contributed by atoms with Crippen LogP contribution in [0.15, 0.2) is 63.6 Å². The smallest absolute Gasteiger partial charge is 0.277 e. The third kappa shape index (κ3) is 5.35. The summed E-state index contributed by atoms with van der Waals surface area (Å²) in [6.07, 6.45) is 2.19. The summed E-state index contributed by atoms with van der Waals surface area (Å²) in [5.41, 5.74) is 3.90. The molecule has 0 aliphatic carbocycles. The largest absolute Gasteiger partial charge is 0.496 e. The van der Waals surface area contributed by atoms with Gasteiger partial charge in [-0.1, -0.05) is 61.5 Å². The number of nitrogens with zero attached hydrogens (tertiary/aromatic N) is 3. The molecule has 1 amide bonds. The number of para-hydroxylation sites is 1. The first-order valence-corrected chi connectivity index (χ1v) is 12.0. The molecule has 9 heteroatoms. The van der Waals surface area contributed by atoms with Gasteiger partial charge in [0.15, 0.2) is 5.13 Å². The average molecular weight is 467 g/mol. The number of aryl methyl sites for hydroxylation is 1. The number of anilines is 1. The van der Waals surface area contributed by atoms with Crippen LogP contribution in [-0.2, 0) is 11.2 Å². The maximum absolute atomic E-state index is 12.4. The number of nitrogens with one attached hydrogen (secondary N) is 1. The lowest BCUT2D eigenvalue weighted by Crippen LogP contribution is -2.13. The molecule has 1 N–H and O–H groups in total. The minimum absolute atomic E-state index is 0.133. The summed E-state index contributed by atoms with van der Waals surface area (Å²) in [6.45, 7) is 2.17. The van der Waals surface area contributed by atoms with E-state index < -0.39 is 0 Å². The van der Waals surface area contributed by atoms with Crippen LogP contribution in [0.2, 0.25) is 0 Å². The van der Waals surface area contributed by atoms with Gasteiger partial charge in [0.1, 0.15) is 5.75 Å². The highest BCUT2D eigenvalue weighted by atomic mass is 32.2. The molecule has 4 aromatic rings. The number of ether oxygens (including phenoxy) is 1. The lowest BCUT2D eigenvalue weighted by Gasteiger charge is -2.03. The quantitative estimate of drug-likeness (QED) is 0.323. The third-order valence-electron chi connectivity index (χ3n) is 4.61. The van der Waals surface area contributed by atoms with Crippen LogP contribution in [0.5, 0.6) is 5.75 Å². The van der Waals surface area contributed by atoms with E-state index in [0.717, 1.165) is 24.1 Å². The first-order valence-electron chi connectivity index (χ1n) is 10.1. The molecule has 2 aromatic carbocycles. The van der Waals surface area contributed by atoms with E-state index in [4.69, 9.17) is 9.15 Å². The standard InChI is InChI=1S/C23H22N4O3S2/c1-3-6-15-9-11-16(12-10-15)18-13-31-22(24-18)25-20(28)14-32-23-27-26-21(30-23)17-7-4-5-8-19(17)29-2/h4-5,7-13H,3,6,14H2,1-2H3,(H,24,25,28). The lowest BCUT2D eigenvalue weighted by molar-refractivity contribution is -0.113. The van der Waals surface area contributed by atoms with Crippen LogP contribution in [-0.4, -0.2) is 34.0 Å². The highest BCUT2D eigenvalue weighted by Gasteiger charge is 2.15. The monoisotopic (exact) mass is 466 g/mol. The number of thioether (sulfide) groups is 1. The molecule has 0 aliphatic rings. The Hall–Kier alpha value is -3.17. The van der Waals surface area contributed by atoms with Crippen LogP contribution < -0.4 is 10.1 Å². The summed E-state index contributed by atoms with van der Waals surface area (Å²) in [5, 5.41) is 13.7. The number of rotatable bonds is 9. The predicted molar refractivity (Wildman–Crippen MR) is 127 cm³/mol. The highest BCUT2D eigenvalue weighted by Crippen LogP contribution is 2.30. The van der Waals surface area contributed by atoms with Gasteiger partial charge in [0.2, 0.25) is 5.91 Å². The van der Waals surface area contributed by atoms with Crippen molar-refractivity contribution in [3.63, 3.8) is 0 Å². The van der Waals surface area contributed by atoms with Crippen molar-refractivity contribution in [1.82, 2.24) is 15.2 Å². The van der Waals surface area contributed by atoms with Gasteiger partial charge >= 0.3 is 0 Å². The van der Waals surface area contributed by atoms with E-state index in [-0.39, 0.29) is 11.7 Å². The number of aromatic nitrogens is 3. The molecule has 0 fully saturated rings. The topological polar surface area (TPSA) is 90.1 Å². The molecule has 164 valence electrons. The Labute approximate surface area is 194 Å². The Balaban J connectivity index is 1.33. The summed E-state index contributed by atoms with van der Waals surface area (Å²) in [6, 6.07) is 15.8. The zero-order valence-corrected chi connectivity index (χ0v) is 19.3. The Morgan fingerprint density at radius 2 is 1.97 bits per heavy atom. The number of hydrogen-bond acceptors (Lipinski definition) is 8. The van der Waals surface area contributed by atoms with E-state index in [1.807, 2.05) is 29.6 Å². The molecule has 7 nitrogen and oxygen atoms in total. The van der Waals surface area contributed by atoms with Crippen molar-refractivity contribution in [2.24, 2.45) is 0 Å². The third-order valence-corrected chi connectivity index (χ3v) is 6.19. The van der Waals surface area contributed by atoms with Crippen molar-refractivity contribution in [3.8, 4) is 28.5 Å². The van der Waals surface area contributed by atoms with Crippen molar-refractivity contribution in [3.05, 3.63) is 59.5 Å². The Kier molecular flexibility index (Phi) is 7.18. The highest BCUT2D eigenvalue weighted by molar-refractivity contribution is 7.99. The first-order chi connectivity index (χ1) is 15.7.